The number of morpholine rings is 1. The minimum Gasteiger partial charge on any atom is -0.378 e. The fourth-order valence-electron chi connectivity index (χ4n) is 2.63. The molecule has 0 radical (unpaired) electrons. The third kappa shape index (κ3) is 3.68. The first-order chi connectivity index (χ1) is 8.72. The molecule has 1 atom stereocenters. The molecule has 0 aromatic heterocycles. The molecule has 0 bridgehead atoms. The van der Waals surface area contributed by atoms with Gasteiger partial charge in [0, 0.05) is 31.4 Å². The van der Waals surface area contributed by atoms with Gasteiger partial charge in [-0.1, -0.05) is 15.9 Å². The van der Waals surface area contributed by atoms with Gasteiger partial charge in [-0.05, 0) is 25.7 Å². The fraction of sp³-hybridized carbons (Fsp3) is 0.923. The van der Waals surface area contributed by atoms with Gasteiger partial charge in [0.25, 0.3) is 0 Å². The molecule has 0 aromatic carbocycles. The monoisotopic (exact) mass is 319 g/mol. The number of amides is 1. The third-order valence-corrected chi connectivity index (χ3v) is 4.44. The summed E-state index contributed by atoms with van der Waals surface area (Å²) in [6.45, 7) is 4.93. The Morgan fingerprint density at radius 1 is 1.50 bits per heavy atom. The first-order valence-corrected chi connectivity index (χ1v) is 7.92. The Balaban J connectivity index is 1.69. The predicted molar refractivity (Wildman–Crippen MR) is 72.9 cm³/mol. The van der Waals surface area contributed by atoms with Crippen LogP contribution in [0.4, 0.5) is 0 Å². The molecular weight excluding hydrogens is 298 g/mol. The molecule has 2 rings (SSSR count). The molecule has 1 saturated carbocycles. The quantitative estimate of drug-likeness (QED) is 0.725. The number of carbonyl (C=O) groups excluding carboxylic acids is 1. The van der Waals surface area contributed by atoms with Gasteiger partial charge in [-0.2, -0.15) is 0 Å². The van der Waals surface area contributed by atoms with Crippen LogP contribution in [0, 0.1) is 5.92 Å². The van der Waals surface area contributed by atoms with Crippen LogP contribution in [0.2, 0.25) is 0 Å². The van der Waals surface area contributed by atoms with Crippen LogP contribution >= 0.6 is 15.9 Å². The zero-order valence-electron chi connectivity index (χ0n) is 10.9. The van der Waals surface area contributed by atoms with Crippen LogP contribution in [0.3, 0.4) is 0 Å². The first-order valence-electron chi connectivity index (χ1n) is 6.79. The van der Waals surface area contributed by atoms with Gasteiger partial charge in [-0.3, -0.25) is 4.79 Å². The van der Waals surface area contributed by atoms with Crippen LogP contribution < -0.4 is 0 Å². The van der Waals surface area contributed by atoms with E-state index in [4.69, 9.17) is 9.47 Å². The number of rotatable bonds is 5. The summed E-state index contributed by atoms with van der Waals surface area (Å²) in [6, 6.07) is 0. The van der Waals surface area contributed by atoms with Crippen molar-refractivity contribution in [3.05, 3.63) is 0 Å². The molecule has 5 heteroatoms. The standard InChI is InChI=1S/C13H22BrNO3/c1-2-17-11-5-10(6-11)7-13(16)15-3-4-18-12(8-14)9-15/h10-12H,2-9H2,1H3. The summed E-state index contributed by atoms with van der Waals surface area (Å²) in [5, 5.41) is 0.798. The van der Waals surface area contributed by atoms with Crippen LogP contribution in [0.25, 0.3) is 0 Å². The largest absolute Gasteiger partial charge is 0.378 e. The number of halogens is 1. The van der Waals surface area contributed by atoms with Gasteiger partial charge in [-0.25, -0.2) is 0 Å². The third-order valence-electron chi connectivity index (χ3n) is 3.72. The number of alkyl halides is 1. The van der Waals surface area contributed by atoms with Crippen molar-refractivity contribution in [2.45, 2.75) is 38.4 Å². The lowest BCUT2D eigenvalue weighted by Crippen LogP contribution is -2.47. The van der Waals surface area contributed by atoms with E-state index in [1.165, 1.54) is 0 Å². The number of carbonyl (C=O) groups is 1. The van der Waals surface area contributed by atoms with Crippen LogP contribution in [-0.4, -0.2) is 54.6 Å². The number of ether oxygens (including phenoxy) is 2. The second kappa shape index (κ2) is 6.87. The maximum Gasteiger partial charge on any atom is 0.223 e. The Labute approximate surface area is 117 Å². The van der Waals surface area contributed by atoms with Crippen molar-refractivity contribution in [1.82, 2.24) is 4.90 Å². The van der Waals surface area contributed by atoms with Crippen LogP contribution in [-0.2, 0) is 14.3 Å². The smallest absolute Gasteiger partial charge is 0.223 e. The van der Waals surface area contributed by atoms with Gasteiger partial charge in [0.15, 0.2) is 0 Å². The number of nitrogens with zero attached hydrogens (tertiary/aromatic N) is 1. The predicted octanol–water partition coefficient (Wildman–Crippen LogP) is 1.81. The fourth-order valence-corrected chi connectivity index (χ4v) is 3.02. The van der Waals surface area contributed by atoms with Gasteiger partial charge in [0.1, 0.15) is 0 Å². The van der Waals surface area contributed by atoms with E-state index < -0.39 is 0 Å². The van der Waals surface area contributed by atoms with Gasteiger partial charge in [-0.15, -0.1) is 0 Å². The highest BCUT2D eigenvalue weighted by Gasteiger charge is 2.33. The molecule has 0 aromatic rings. The second-order valence-corrected chi connectivity index (χ2v) is 5.75. The van der Waals surface area contributed by atoms with E-state index in [-0.39, 0.29) is 12.0 Å². The van der Waals surface area contributed by atoms with Gasteiger partial charge in [0.2, 0.25) is 5.91 Å². The average molecular weight is 320 g/mol. The summed E-state index contributed by atoms with van der Waals surface area (Å²) in [6.07, 6.45) is 3.32. The maximum absolute atomic E-state index is 12.1. The normalized spacial score (nSPS) is 32.1. The van der Waals surface area contributed by atoms with E-state index in [9.17, 15) is 4.79 Å². The van der Waals surface area contributed by atoms with Gasteiger partial charge >= 0.3 is 0 Å². The minimum atomic E-state index is 0.153. The van der Waals surface area contributed by atoms with Gasteiger partial charge in [0.05, 0.1) is 18.8 Å². The minimum absolute atomic E-state index is 0.153. The van der Waals surface area contributed by atoms with Crippen molar-refractivity contribution in [3.63, 3.8) is 0 Å². The molecule has 0 spiro atoms. The Bertz CT molecular complexity index is 281. The van der Waals surface area contributed by atoms with Gasteiger partial charge < -0.3 is 14.4 Å². The lowest BCUT2D eigenvalue weighted by atomic mass is 9.79. The number of hydrogen-bond acceptors (Lipinski definition) is 3. The summed E-state index contributed by atoms with van der Waals surface area (Å²) in [5.41, 5.74) is 0. The Hall–Kier alpha value is -0.130. The Kier molecular flexibility index (Phi) is 5.45. The van der Waals surface area contributed by atoms with Crippen LogP contribution in [0.1, 0.15) is 26.2 Å². The van der Waals surface area contributed by atoms with Crippen LogP contribution in [0.15, 0.2) is 0 Å². The van der Waals surface area contributed by atoms with Crippen molar-refractivity contribution in [1.29, 1.82) is 0 Å². The van der Waals surface area contributed by atoms with E-state index in [1.54, 1.807) is 0 Å². The molecule has 1 aliphatic carbocycles. The molecule has 104 valence electrons. The molecule has 1 saturated heterocycles. The molecule has 4 nitrogen and oxygen atoms in total. The molecular formula is C13H22BrNO3. The van der Waals surface area contributed by atoms with E-state index in [1.807, 2.05) is 11.8 Å². The van der Waals surface area contributed by atoms with Crippen molar-refractivity contribution in [3.8, 4) is 0 Å². The molecule has 1 amide bonds. The summed E-state index contributed by atoms with van der Waals surface area (Å²) < 4.78 is 11.1. The summed E-state index contributed by atoms with van der Waals surface area (Å²) >= 11 is 3.41. The highest BCUT2D eigenvalue weighted by molar-refractivity contribution is 9.09. The molecule has 1 unspecified atom stereocenters. The SMILES string of the molecule is CCOC1CC(CC(=O)N2CCOC(CBr)C2)C1. The van der Waals surface area contributed by atoms with Crippen molar-refractivity contribution in [2.24, 2.45) is 5.92 Å². The van der Waals surface area contributed by atoms with Crippen molar-refractivity contribution < 1.29 is 14.3 Å². The van der Waals surface area contributed by atoms with Crippen molar-refractivity contribution >= 4 is 21.8 Å². The molecule has 1 aliphatic heterocycles. The van der Waals surface area contributed by atoms with E-state index in [0.29, 0.717) is 25.0 Å². The number of hydrogen-bond donors (Lipinski definition) is 0. The highest BCUT2D eigenvalue weighted by Crippen LogP contribution is 2.33. The molecule has 2 aliphatic rings. The van der Waals surface area contributed by atoms with Crippen molar-refractivity contribution in [2.75, 3.05) is 31.6 Å². The lowest BCUT2D eigenvalue weighted by molar-refractivity contribution is -0.141. The Morgan fingerprint density at radius 2 is 2.28 bits per heavy atom. The topological polar surface area (TPSA) is 38.8 Å². The summed E-state index contributed by atoms with van der Waals surface area (Å²) in [5.74, 6) is 0.809. The average Bonchev–Trinajstić information content (AvgIpc) is 2.36. The molecule has 1 heterocycles. The van der Waals surface area contributed by atoms with E-state index in [0.717, 1.165) is 37.9 Å². The molecule has 2 fully saturated rings. The first kappa shape index (κ1) is 14.3. The highest BCUT2D eigenvalue weighted by atomic mass is 79.9. The van der Waals surface area contributed by atoms with E-state index in [2.05, 4.69) is 15.9 Å². The maximum atomic E-state index is 12.1. The second-order valence-electron chi connectivity index (χ2n) is 5.11. The Morgan fingerprint density at radius 3 is 2.94 bits per heavy atom. The van der Waals surface area contributed by atoms with Crippen LogP contribution in [0.5, 0.6) is 0 Å². The zero-order valence-corrected chi connectivity index (χ0v) is 12.5. The summed E-state index contributed by atoms with van der Waals surface area (Å²) in [7, 11) is 0. The molecule has 0 N–H and O–H groups in total. The zero-order chi connectivity index (χ0) is 13.0. The van der Waals surface area contributed by atoms with E-state index >= 15 is 0 Å². The molecule has 18 heavy (non-hydrogen) atoms. The summed E-state index contributed by atoms with van der Waals surface area (Å²) in [4.78, 5) is 14.1. The lowest BCUT2D eigenvalue weighted by Gasteiger charge is -2.37.